The minimum atomic E-state index is -1.22. The van der Waals surface area contributed by atoms with Gasteiger partial charge >= 0.3 is 0 Å². The first-order valence-corrected chi connectivity index (χ1v) is 13.7. The molecule has 5 rings (SSSR count). The Labute approximate surface area is 239 Å². The topological polar surface area (TPSA) is 94.6 Å². The van der Waals surface area contributed by atoms with Gasteiger partial charge in [-0.15, -0.1) is 0 Å². The first-order valence-electron chi connectivity index (χ1n) is 13.7. The van der Waals surface area contributed by atoms with Crippen LogP contribution in [0, 0.1) is 5.92 Å². The second-order valence-electron chi connectivity index (χ2n) is 10.2. The Morgan fingerprint density at radius 2 is 1.68 bits per heavy atom. The van der Waals surface area contributed by atoms with Gasteiger partial charge in [-0.2, -0.15) is 0 Å². The number of likely N-dealkylation sites (N-methyl/N-ethyl adjacent to an activating group) is 1. The fourth-order valence-corrected chi connectivity index (χ4v) is 5.12. The molecule has 2 aliphatic heterocycles. The van der Waals surface area contributed by atoms with Crippen molar-refractivity contribution < 1.29 is 33.3 Å². The van der Waals surface area contributed by atoms with Gasteiger partial charge in [-0.1, -0.05) is 36.4 Å². The molecule has 0 bridgehead atoms. The van der Waals surface area contributed by atoms with E-state index < -0.39 is 29.4 Å². The number of carbonyl (C=O) groups is 3. The number of hydrogen-bond acceptors (Lipinski definition) is 8. The molecule has 2 aliphatic rings. The van der Waals surface area contributed by atoms with Gasteiger partial charge in [0.05, 0.1) is 12.6 Å². The van der Waals surface area contributed by atoms with Crippen LogP contribution in [0.4, 0.5) is 0 Å². The zero-order valence-corrected chi connectivity index (χ0v) is 23.5. The summed E-state index contributed by atoms with van der Waals surface area (Å²) in [6, 6.07) is 19.2. The lowest BCUT2D eigenvalue weighted by Crippen LogP contribution is -2.36. The van der Waals surface area contributed by atoms with Crippen LogP contribution in [0.5, 0.6) is 23.0 Å². The van der Waals surface area contributed by atoms with Crippen molar-refractivity contribution >= 4 is 17.5 Å². The normalized spacial score (nSPS) is 18.1. The van der Waals surface area contributed by atoms with Gasteiger partial charge < -0.3 is 28.7 Å². The number of Topliss-reactive ketones (excluding diaryl/α,β-unsaturated/α-hetero) is 2. The van der Waals surface area contributed by atoms with E-state index in [0.29, 0.717) is 61.5 Å². The maximum absolute atomic E-state index is 13.9. The lowest BCUT2D eigenvalue weighted by atomic mass is 9.86. The Hall–Kier alpha value is -4.37. The molecule has 0 saturated carbocycles. The van der Waals surface area contributed by atoms with Gasteiger partial charge in [0.25, 0.3) is 5.91 Å². The van der Waals surface area contributed by atoms with Crippen LogP contribution in [-0.2, 0) is 16.2 Å². The summed E-state index contributed by atoms with van der Waals surface area (Å²) in [5.74, 6) is -1.07. The number of fused-ring (bicyclic) bond motifs is 1. The third-order valence-electron chi connectivity index (χ3n) is 7.15. The van der Waals surface area contributed by atoms with E-state index in [0.717, 1.165) is 5.56 Å². The molecule has 9 heteroatoms. The van der Waals surface area contributed by atoms with E-state index >= 15 is 0 Å². The van der Waals surface area contributed by atoms with Crippen molar-refractivity contribution in [2.75, 3.05) is 47.0 Å². The van der Waals surface area contributed by atoms with Crippen molar-refractivity contribution in [3.05, 3.63) is 83.4 Å². The van der Waals surface area contributed by atoms with Crippen LogP contribution in [0.15, 0.2) is 66.7 Å². The summed E-state index contributed by atoms with van der Waals surface area (Å²) in [5.41, 5.74) is 1.91. The third kappa shape index (κ3) is 6.05. The molecule has 0 aliphatic carbocycles. The van der Waals surface area contributed by atoms with Gasteiger partial charge in [0.15, 0.2) is 28.8 Å². The second kappa shape index (κ2) is 12.4. The molecule has 0 N–H and O–H groups in total. The van der Waals surface area contributed by atoms with Crippen molar-refractivity contribution in [1.82, 2.24) is 9.80 Å². The van der Waals surface area contributed by atoms with Crippen LogP contribution in [0.3, 0.4) is 0 Å². The molecular formula is C32H34N2O7. The average molecular weight is 559 g/mol. The van der Waals surface area contributed by atoms with Crippen molar-refractivity contribution in [3.8, 4) is 23.0 Å². The molecule has 41 heavy (non-hydrogen) atoms. The highest BCUT2D eigenvalue weighted by atomic mass is 16.6. The monoisotopic (exact) mass is 558 g/mol. The summed E-state index contributed by atoms with van der Waals surface area (Å²) in [6.45, 7) is 4.20. The number of hydrogen-bond donors (Lipinski definition) is 0. The molecule has 9 nitrogen and oxygen atoms in total. The van der Waals surface area contributed by atoms with Crippen LogP contribution in [-0.4, -0.2) is 74.3 Å². The molecule has 0 aromatic heterocycles. The standard InChI is InChI=1S/C32H34N2O7/c1-4-38-26-18-22(10-12-25(26)41-20-21-8-6-5-7-9-21)29-28(31(36)32(37)34(29)15-14-33(2)3)30(35)23-11-13-24-27(19-23)40-17-16-39-24/h5-13,18-19,28-29H,4,14-17,20H2,1-3H3. The average Bonchev–Trinajstić information content (AvgIpc) is 3.24. The number of benzene rings is 3. The predicted molar refractivity (Wildman–Crippen MR) is 152 cm³/mol. The molecule has 2 heterocycles. The Balaban J connectivity index is 1.50. The van der Waals surface area contributed by atoms with E-state index in [1.54, 1.807) is 36.4 Å². The molecule has 0 spiro atoms. The van der Waals surface area contributed by atoms with Crippen molar-refractivity contribution in [2.45, 2.75) is 19.6 Å². The van der Waals surface area contributed by atoms with E-state index in [-0.39, 0.29) is 12.1 Å². The van der Waals surface area contributed by atoms with Gasteiger partial charge in [0.1, 0.15) is 25.7 Å². The summed E-state index contributed by atoms with van der Waals surface area (Å²) >= 11 is 0. The minimum absolute atomic E-state index is 0.281. The molecular weight excluding hydrogens is 524 g/mol. The molecule has 3 aromatic carbocycles. The van der Waals surface area contributed by atoms with E-state index in [1.807, 2.05) is 56.3 Å². The SMILES string of the molecule is CCOc1cc(C2C(C(=O)c3ccc4c(c3)OCCO4)C(=O)C(=O)N2CCN(C)C)ccc1OCc1ccccc1. The zero-order valence-electron chi connectivity index (χ0n) is 23.5. The summed E-state index contributed by atoms with van der Waals surface area (Å²) in [4.78, 5) is 44.1. The largest absolute Gasteiger partial charge is 0.490 e. The number of nitrogens with zero attached hydrogens (tertiary/aromatic N) is 2. The van der Waals surface area contributed by atoms with Crippen molar-refractivity contribution in [2.24, 2.45) is 5.92 Å². The van der Waals surface area contributed by atoms with Gasteiger partial charge in [-0.25, -0.2) is 0 Å². The van der Waals surface area contributed by atoms with Crippen LogP contribution >= 0.6 is 0 Å². The molecule has 1 fully saturated rings. The quantitative estimate of drug-likeness (QED) is 0.198. The highest BCUT2D eigenvalue weighted by molar-refractivity contribution is 6.44. The summed E-state index contributed by atoms with van der Waals surface area (Å²) in [5, 5.41) is 0. The van der Waals surface area contributed by atoms with Gasteiger partial charge in [0.2, 0.25) is 5.78 Å². The van der Waals surface area contributed by atoms with Gasteiger partial charge in [-0.05, 0) is 62.5 Å². The van der Waals surface area contributed by atoms with Crippen LogP contribution in [0.25, 0.3) is 0 Å². The summed E-state index contributed by atoms with van der Waals surface area (Å²) < 4.78 is 23.2. The van der Waals surface area contributed by atoms with Crippen molar-refractivity contribution in [1.29, 1.82) is 0 Å². The minimum Gasteiger partial charge on any atom is -0.490 e. The van der Waals surface area contributed by atoms with E-state index in [4.69, 9.17) is 18.9 Å². The molecule has 1 amide bonds. The summed E-state index contributed by atoms with van der Waals surface area (Å²) in [7, 11) is 3.78. The summed E-state index contributed by atoms with van der Waals surface area (Å²) in [6.07, 6.45) is 0. The van der Waals surface area contributed by atoms with Crippen LogP contribution in [0.1, 0.15) is 34.5 Å². The van der Waals surface area contributed by atoms with Crippen LogP contribution in [0.2, 0.25) is 0 Å². The zero-order chi connectivity index (χ0) is 28.9. The smallest absolute Gasteiger partial charge is 0.291 e. The Morgan fingerprint density at radius 3 is 2.41 bits per heavy atom. The lowest BCUT2D eigenvalue weighted by molar-refractivity contribution is -0.140. The molecule has 214 valence electrons. The van der Waals surface area contributed by atoms with Gasteiger partial charge in [0, 0.05) is 18.7 Å². The maximum Gasteiger partial charge on any atom is 0.291 e. The first kappa shape index (κ1) is 28.2. The predicted octanol–water partition coefficient (Wildman–Crippen LogP) is 3.95. The first-order chi connectivity index (χ1) is 19.9. The lowest BCUT2D eigenvalue weighted by Gasteiger charge is -2.29. The molecule has 0 radical (unpaired) electrons. The fourth-order valence-electron chi connectivity index (χ4n) is 5.12. The molecule has 3 aromatic rings. The highest BCUT2D eigenvalue weighted by Gasteiger charge is 2.51. The highest BCUT2D eigenvalue weighted by Crippen LogP contribution is 2.42. The number of likely N-dealkylation sites (tertiary alicyclic amines) is 1. The number of rotatable bonds is 11. The Morgan fingerprint density at radius 1 is 0.927 bits per heavy atom. The maximum atomic E-state index is 13.9. The third-order valence-corrected chi connectivity index (χ3v) is 7.15. The molecule has 2 atom stereocenters. The number of carbonyl (C=O) groups excluding carboxylic acids is 3. The fraction of sp³-hybridized carbons (Fsp3) is 0.344. The Kier molecular flexibility index (Phi) is 8.54. The molecule has 2 unspecified atom stereocenters. The van der Waals surface area contributed by atoms with Crippen molar-refractivity contribution in [3.63, 3.8) is 0 Å². The molecule has 1 saturated heterocycles. The second-order valence-corrected chi connectivity index (χ2v) is 10.2. The number of amides is 1. The number of ketones is 2. The van der Waals surface area contributed by atoms with E-state index in [2.05, 4.69) is 0 Å². The van der Waals surface area contributed by atoms with E-state index in [9.17, 15) is 14.4 Å². The Bertz CT molecular complexity index is 1420. The van der Waals surface area contributed by atoms with E-state index in [1.165, 1.54) is 4.90 Å². The van der Waals surface area contributed by atoms with Crippen LogP contribution < -0.4 is 18.9 Å². The van der Waals surface area contributed by atoms with Gasteiger partial charge in [-0.3, -0.25) is 14.4 Å². The number of ether oxygens (including phenoxy) is 4.